The highest BCUT2D eigenvalue weighted by molar-refractivity contribution is 5.80. The zero-order valence-electron chi connectivity index (χ0n) is 13.7. The van der Waals surface area contributed by atoms with Gasteiger partial charge in [0.2, 0.25) is 24.1 Å². The molecule has 0 saturated heterocycles. The number of amides is 2. The molecule has 1 rings (SSSR count). The number of anilines is 1. The van der Waals surface area contributed by atoms with Gasteiger partial charge < -0.3 is 4.74 Å². The molecule has 0 unspecified atom stereocenters. The van der Waals surface area contributed by atoms with E-state index >= 15 is 0 Å². The number of hydrazine groups is 1. The zero-order valence-corrected chi connectivity index (χ0v) is 13.7. The third kappa shape index (κ3) is 6.32. The standard InChI is InChI=1S/C14H22FN5O4/c1-3-4-5-6-10(8-20(23)9-21)12(22)18-19-14-16-7-11(15)13(17-14)24-2/h7,9-10,23H,3-6,8H2,1-2H3,(H,18,22)(H,16,17,19)/t10-/m0/s1. The fourth-order valence-electron chi connectivity index (χ4n) is 1.99. The van der Waals surface area contributed by atoms with Crippen molar-refractivity contribution in [2.24, 2.45) is 5.92 Å². The average Bonchev–Trinajstić information content (AvgIpc) is 2.59. The van der Waals surface area contributed by atoms with Gasteiger partial charge in [-0.2, -0.15) is 9.37 Å². The Bertz CT molecular complexity index is 546. The van der Waals surface area contributed by atoms with Crippen LogP contribution in [-0.4, -0.2) is 46.2 Å². The number of nitrogens with zero attached hydrogens (tertiary/aromatic N) is 3. The lowest BCUT2D eigenvalue weighted by Crippen LogP contribution is -2.40. The van der Waals surface area contributed by atoms with Crippen LogP contribution in [0.3, 0.4) is 0 Å². The molecule has 2 amide bonds. The third-order valence-electron chi connectivity index (χ3n) is 3.26. The summed E-state index contributed by atoms with van der Waals surface area (Å²) in [6.07, 6.45) is 4.33. The van der Waals surface area contributed by atoms with E-state index in [4.69, 9.17) is 4.74 Å². The van der Waals surface area contributed by atoms with Gasteiger partial charge >= 0.3 is 0 Å². The summed E-state index contributed by atoms with van der Waals surface area (Å²) in [5.74, 6) is -2.09. The second-order valence-electron chi connectivity index (χ2n) is 5.09. The Morgan fingerprint density at radius 1 is 1.54 bits per heavy atom. The van der Waals surface area contributed by atoms with Gasteiger partial charge in [-0.1, -0.05) is 26.2 Å². The molecule has 0 saturated carbocycles. The van der Waals surface area contributed by atoms with Crippen LogP contribution in [0, 0.1) is 11.7 Å². The summed E-state index contributed by atoms with van der Waals surface area (Å²) in [7, 11) is 1.26. The first-order valence-electron chi connectivity index (χ1n) is 7.55. The first-order valence-corrected chi connectivity index (χ1v) is 7.55. The molecule has 1 aromatic heterocycles. The molecule has 10 heteroatoms. The summed E-state index contributed by atoms with van der Waals surface area (Å²) in [6, 6.07) is 0. The van der Waals surface area contributed by atoms with Gasteiger partial charge in [-0.15, -0.1) is 0 Å². The molecule has 1 atom stereocenters. The van der Waals surface area contributed by atoms with Gasteiger partial charge in [0.1, 0.15) is 0 Å². The first-order chi connectivity index (χ1) is 11.5. The van der Waals surface area contributed by atoms with E-state index in [0.29, 0.717) is 11.5 Å². The topological polar surface area (TPSA) is 117 Å². The van der Waals surface area contributed by atoms with Crippen LogP contribution in [0.1, 0.15) is 32.6 Å². The number of halogens is 1. The summed E-state index contributed by atoms with van der Waals surface area (Å²) in [5, 5.41) is 9.72. The molecule has 0 spiro atoms. The second kappa shape index (κ2) is 10.3. The fourth-order valence-corrected chi connectivity index (χ4v) is 1.99. The van der Waals surface area contributed by atoms with Crippen molar-refractivity contribution in [3.8, 4) is 5.88 Å². The Morgan fingerprint density at radius 2 is 2.29 bits per heavy atom. The van der Waals surface area contributed by atoms with Gasteiger partial charge in [0.25, 0.3) is 5.88 Å². The maximum absolute atomic E-state index is 13.2. The normalized spacial score (nSPS) is 11.5. The average molecular weight is 343 g/mol. The minimum atomic E-state index is -0.728. The van der Waals surface area contributed by atoms with Crippen molar-refractivity contribution in [2.75, 3.05) is 19.1 Å². The number of aromatic nitrogens is 2. The summed E-state index contributed by atoms with van der Waals surface area (Å²) in [4.78, 5) is 30.1. The number of nitrogens with one attached hydrogen (secondary N) is 2. The van der Waals surface area contributed by atoms with E-state index in [1.807, 2.05) is 6.92 Å². The number of ether oxygens (including phenoxy) is 1. The molecule has 0 aromatic carbocycles. The van der Waals surface area contributed by atoms with Crippen LogP contribution in [-0.2, 0) is 9.59 Å². The van der Waals surface area contributed by atoms with E-state index in [1.165, 1.54) is 7.11 Å². The van der Waals surface area contributed by atoms with Gasteiger partial charge in [-0.25, -0.2) is 10.0 Å². The molecule has 1 aromatic rings. The monoisotopic (exact) mass is 343 g/mol. The lowest BCUT2D eigenvalue weighted by Gasteiger charge is -2.19. The number of carbonyl (C=O) groups is 2. The number of hydrogen-bond acceptors (Lipinski definition) is 7. The molecule has 1 heterocycles. The number of unbranched alkanes of at least 4 members (excludes halogenated alkanes) is 2. The van der Waals surface area contributed by atoms with Crippen LogP contribution >= 0.6 is 0 Å². The molecule has 0 radical (unpaired) electrons. The van der Waals surface area contributed by atoms with Gasteiger partial charge in [-0.05, 0) is 6.42 Å². The third-order valence-corrected chi connectivity index (χ3v) is 3.26. The minimum Gasteiger partial charge on any atom is -0.479 e. The zero-order chi connectivity index (χ0) is 17.9. The SMILES string of the molecule is CCCCC[C@@H](CN(O)C=O)C(=O)NNc1ncc(F)c(OC)n1. The highest BCUT2D eigenvalue weighted by Gasteiger charge is 2.21. The molecular weight excluding hydrogens is 321 g/mol. The van der Waals surface area contributed by atoms with E-state index in [9.17, 15) is 19.2 Å². The Hall–Kier alpha value is -2.49. The maximum Gasteiger partial charge on any atom is 0.255 e. The van der Waals surface area contributed by atoms with Crippen molar-refractivity contribution < 1.29 is 23.9 Å². The van der Waals surface area contributed by atoms with Crippen molar-refractivity contribution >= 4 is 18.3 Å². The predicted molar refractivity (Wildman–Crippen MR) is 82.5 cm³/mol. The van der Waals surface area contributed by atoms with Gasteiger partial charge in [0, 0.05) is 0 Å². The largest absolute Gasteiger partial charge is 0.479 e. The number of rotatable bonds is 11. The van der Waals surface area contributed by atoms with Crippen LogP contribution in [0.5, 0.6) is 5.88 Å². The summed E-state index contributed by atoms with van der Waals surface area (Å²) in [6.45, 7) is 1.90. The molecule has 0 bridgehead atoms. The molecular formula is C14H22FN5O4. The second-order valence-corrected chi connectivity index (χ2v) is 5.09. The summed E-state index contributed by atoms with van der Waals surface area (Å²) >= 11 is 0. The molecule has 134 valence electrons. The molecule has 3 N–H and O–H groups in total. The molecule has 24 heavy (non-hydrogen) atoms. The summed E-state index contributed by atoms with van der Waals surface area (Å²) < 4.78 is 17.9. The highest BCUT2D eigenvalue weighted by atomic mass is 19.1. The van der Waals surface area contributed by atoms with E-state index in [-0.39, 0.29) is 24.8 Å². The van der Waals surface area contributed by atoms with Crippen LogP contribution in [0.25, 0.3) is 0 Å². The molecule has 0 fully saturated rings. The van der Waals surface area contributed by atoms with E-state index in [2.05, 4.69) is 20.8 Å². The maximum atomic E-state index is 13.2. The van der Waals surface area contributed by atoms with Crippen molar-refractivity contribution in [1.29, 1.82) is 0 Å². The lowest BCUT2D eigenvalue weighted by molar-refractivity contribution is -0.154. The number of hydroxylamine groups is 2. The lowest BCUT2D eigenvalue weighted by atomic mass is 10.0. The van der Waals surface area contributed by atoms with Crippen LogP contribution in [0.2, 0.25) is 0 Å². The Labute approximate surface area is 139 Å². The minimum absolute atomic E-state index is 0.0508. The Balaban J connectivity index is 2.63. The molecule has 0 aliphatic heterocycles. The quantitative estimate of drug-likeness (QED) is 0.238. The summed E-state index contributed by atoms with van der Waals surface area (Å²) in [5.41, 5.74) is 4.83. The first kappa shape index (κ1) is 19.6. The van der Waals surface area contributed by atoms with Crippen molar-refractivity contribution in [2.45, 2.75) is 32.6 Å². The highest BCUT2D eigenvalue weighted by Crippen LogP contribution is 2.14. The molecule has 0 aliphatic carbocycles. The Morgan fingerprint density at radius 3 is 2.92 bits per heavy atom. The number of hydrogen-bond donors (Lipinski definition) is 3. The smallest absolute Gasteiger partial charge is 0.255 e. The van der Waals surface area contributed by atoms with Crippen LogP contribution in [0.15, 0.2) is 6.20 Å². The fraction of sp³-hybridized carbons (Fsp3) is 0.571. The van der Waals surface area contributed by atoms with Crippen LogP contribution < -0.4 is 15.6 Å². The molecule has 0 aliphatic rings. The molecule has 9 nitrogen and oxygen atoms in total. The Kier molecular flexibility index (Phi) is 8.41. The van der Waals surface area contributed by atoms with E-state index in [0.717, 1.165) is 25.5 Å². The van der Waals surface area contributed by atoms with Crippen molar-refractivity contribution in [3.63, 3.8) is 0 Å². The van der Waals surface area contributed by atoms with Crippen molar-refractivity contribution in [3.05, 3.63) is 12.0 Å². The van der Waals surface area contributed by atoms with Gasteiger partial charge in [-0.3, -0.25) is 25.6 Å². The van der Waals surface area contributed by atoms with E-state index < -0.39 is 17.6 Å². The number of methoxy groups -OCH3 is 1. The van der Waals surface area contributed by atoms with E-state index in [1.54, 1.807) is 0 Å². The van der Waals surface area contributed by atoms with Crippen LogP contribution in [0.4, 0.5) is 10.3 Å². The number of carbonyl (C=O) groups excluding carboxylic acids is 2. The van der Waals surface area contributed by atoms with Gasteiger partial charge in [0.05, 0.1) is 25.8 Å². The van der Waals surface area contributed by atoms with Gasteiger partial charge in [0.15, 0.2) is 0 Å². The predicted octanol–water partition coefficient (Wildman–Crippen LogP) is 1.11. The van der Waals surface area contributed by atoms with Crippen molar-refractivity contribution in [1.82, 2.24) is 20.5 Å².